The fourth-order valence-corrected chi connectivity index (χ4v) is 0.878. The Kier molecular flexibility index (Phi) is 9.24. The molecule has 66 valence electrons. The van der Waals surface area contributed by atoms with Gasteiger partial charge in [0.2, 0.25) is 0 Å². The van der Waals surface area contributed by atoms with E-state index in [0.717, 1.165) is 32.1 Å². The second-order valence-corrected chi connectivity index (χ2v) is 2.68. The van der Waals surface area contributed by atoms with Gasteiger partial charge in [-0.05, 0) is 25.7 Å². The van der Waals surface area contributed by atoms with E-state index >= 15 is 0 Å². The molecule has 0 aliphatic rings. The van der Waals surface area contributed by atoms with E-state index in [1.165, 1.54) is 0 Å². The molecule has 0 radical (unpaired) electrons. The van der Waals surface area contributed by atoms with Gasteiger partial charge in [-0.3, -0.25) is 0 Å². The normalized spacial score (nSPS) is 11.0. The van der Waals surface area contributed by atoms with Crippen molar-refractivity contribution in [2.75, 3.05) is 0 Å². The second-order valence-electron chi connectivity index (χ2n) is 2.68. The smallest absolute Gasteiger partial charge is 0.00890 e. The van der Waals surface area contributed by atoms with Crippen LogP contribution in [0.15, 0.2) is 24.3 Å². The van der Waals surface area contributed by atoms with Crippen LogP contribution in [-0.4, -0.2) is 0 Å². The monoisotopic (exact) mass is 162 g/mol. The molecule has 0 atom stereocenters. The lowest BCUT2D eigenvalue weighted by Gasteiger charge is -1.86. The van der Waals surface area contributed by atoms with Crippen molar-refractivity contribution in [3.05, 3.63) is 24.3 Å². The van der Waals surface area contributed by atoms with Crippen LogP contribution in [0.1, 0.15) is 39.0 Å². The van der Waals surface area contributed by atoms with Crippen LogP contribution in [0.5, 0.6) is 0 Å². The van der Waals surface area contributed by atoms with E-state index in [0.29, 0.717) is 0 Å². The lowest BCUT2D eigenvalue weighted by atomic mass is 10.2. The molecule has 0 saturated heterocycles. The van der Waals surface area contributed by atoms with Crippen molar-refractivity contribution in [1.29, 1.82) is 0 Å². The van der Waals surface area contributed by atoms with Crippen molar-refractivity contribution < 1.29 is 0 Å². The molecule has 0 rings (SSSR count). The Hall–Kier alpha value is -0.960. The van der Waals surface area contributed by atoms with Crippen LogP contribution in [0.25, 0.3) is 0 Å². The summed E-state index contributed by atoms with van der Waals surface area (Å²) in [7, 11) is 0. The maximum Gasteiger partial charge on any atom is 0.00890 e. The van der Waals surface area contributed by atoms with Crippen LogP contribution in [0.2, 0.25) is 0 Å². The summed E-state index contributed by atoms with van der Waals surface area (Å²) in [5.74, 6) is 2.63. The fourth-order valence-electron chi connectivity index (χ4n) is 0.878. The van der Waals surface area contributed by atoms with Gasteiger partial charge in [0.15, 0.2) is 0 Å². The summed E-state index contributed by atoms with van der Waals surface area (Å²) in [5.41, 5.74) is 0. The SMILES string of the molecule is C#CCCC/C=C\C/C=C\CC. The predicted molar refractivity (Wildman–Crippen MR) is 55.9 cm³/mol. The first-order chi connectivity index (χ1) is 5.91. The molecule has 0 heterocycles. The highest BCUT2D eigenvalue weighted by molar-refractivity contribution is 4.93. The Bertz CT molecular complexity index is 167. The molecule has 12 heavy (non-hydrogen) atoms. The summed E-state index contributed by atoms with van der Waals surface area (Å²) >= 11 is 0. The molecule has 0 aromatic rings. The van der Waals surface area contributed by atoms with E-state index in [1.807, 2.05) is 0 Å². The molecule has 0 nitrogen and oxygen atoms in total. The molecule has 0 spiro atoms. The standard InChI is InChI=1S/C12H18/c1-3-5-7-9-11-12-10-8-6-4-2/h1,6,8,11-12H,4-5,7,9-10H2,2H3/b8-6-,12-11-. The highest BCUT2D eigenvalue weighted by atomic mass is 13.8. The summed E-state index contributed by atoms with van der Waals surface area (Å²) in [4.78, 5) is 0. The van der Waals surface area contributed by atoms with Gasteiger partial charge in [-0.25, -0.2) is 0 Å². The van der Waals surface area contributed by atoms with Gasteiger partial charge in [0.05, 0.1) is 0 Å². The van der Waals surface area contributed by atoms with Crippen LogP contribution in [0, 0.1) is 12.3 Å². The Morgan fingerprint density at radius 3 is 2.58 bits per heavy atom. The van der Waals surface area contributed by atoms with Crippen molar-refractivity contribution in [2.45, 2.75) is 39.0 Å². The van der Waals surface area contributed by atoms with Gasteiger partial charge in [-0.15, -0.1) is 12.3 Å². The topological polar surface area (TPSA) is 0 Å². The molecule has 0 aromatic heterocycles. The Balaban J connectivity index is 3.15. The molecule has 0 saturated carbocycles. The first kappa shape index (κ1) is 11.0. The number of terminal acetylenes is 1. The minimum absolute atomic E-state index is 0.898. The third-order valence-corrected chi connectivity index (χ3v) is 1.53. The molecule has 0 unspecified atom stereocenters. The predicted octanol–water partition coefficient (Wildman–Crippen LogP) is 3.70. The molecule has 0 amide bonds. The Labute approximate surface area is 76.4 Å². The van der Waals surface area contributed by atoms with Crippen LogP contribution >= 0.6 is 0 Å². The van der Waals surface area contributed by atoms with Gasteiger partial charge < -0.3 is 0 Å². The number of unbranched alkanes of at least 4 members (excludes halogenated alkanes) is 2. The number of hydrogen-bond donors (Lipinski definition) is 0. The van der Waals surface area contributed by atoms with Crippen molar-refractivity contribution in [3.8, 4) is 12.3 Å². The molecular weight excluding hydrogens is 144 g/mol. The largest absolute Gasteiger partial charge is 0.120 e. The van der Waals surface area contributed by atoms with Crippen molar-refractivity contribution in [1.82, 2.24) is 0 Å². The average Bonchev–Trinajstić information content (AvgIpc) is 2.10. The molecule has 0 fully saturated rings. The first-order valence-corrected chi connectivity index (χ1v) is 4.65. The fraction of sp³-hybridized carbons (Fsp3) is 0.500. The van der Waals surface area contributed by atoms with Crippen LogP contribution in [-0.2, 0) is 0 Å². The zero-order valence-electron chi connectivity index (χ0n) is 7.92. The highest BCUT2D eigenvalue weighted by Gasteiger charge is 1.78. The molecule has 0 heteroatoms. The van der Waals surface area contributed by atoms with Crippen LogP contribution in [0.3, 0.4) is 0 Å². The number of hydrogen-bond acceptors (Lipinski definition) is 0. The quantitative estimate of drug-likeness (QED) is 0.317. The van der Waals surface area contributed by atoms with E-state index in [-0.39, 0.29) is 0 Å². The number of rotatable bonds is 6. The molecular formula is C12H18. The van der Waals surface area contributed by atoms with Gasteiger partial charge in [0.1, 0.15) is 0 Å². The van der Waals surface area contributed by atoms with Crippen molar-refractivity contribution in [2.24, 2.45) is 0 Å². The van der Waals surface area contributed by atoms with E-state index in [2.05, 4.69) is 37.1 Å². The summed E-state index contributed by atoms with van der Waals surface area (Å²) in [6, 6.07) is 0. The average molecular weight is 162 g/mol. The lowest BCUT2D eigenvalue weighted by molar-refractivity contribution is 0.883. The molecule has 0 aliphatic carbocycles. The molecule has 0 N–H and O–H groups in total. The lowest BCUT2D eigenvalue weighted by Crippen LogP contribution is -1.68. The number of allylic oxidation sites excluding steroid dienone is 4. The Morgan fingerprint density at radius 1 is 1.17 bits per heavy atom. The van der Waals surface area contributed by atoms with Gasteiger partial charge in [0, 0.05) is 6.42 Å². The first-order valence-electron chi connectivity index (χ1n) is 4.65. The summed E-state index contributed by atoms with van der Waals surface area (Å²) in [6.07, 6.45) is 19.2. The van der Waals surface area contributed by atoms with Crippen molar-refractivity contribution >= 4 is 0 Å². The molecule has 0 aromatic carbocycles. The van der Waals surface area contributed by atoms with Crippen LogP contribution < -0.4 is 0 Å². The zero-order valence-corrected chi connectivity index (χ0v) is 7.92. The highest BCUT2D eigenvalue weighted by Crippen LogP contribution is 1.96. The maximum atomic E-state index is 5.12. The summed E-state index contributed by atoms with van der Waals surface area (Å²) in [5, 5.41) is 0. The van der Waals surface area contributed by atoms with Crippen molar-refractivity contribution in [3.63, 3.8) is 0 Å². The minimum atomic E-state index is 0.898. The van der Waals surface area contributed by atoms with E-state index in [4.69, 9.17) is 6.42 Å². The van der Waals surface area contributed by atoms with E-state index < -0.39 is 0 Å². The summed E-state index contributed by atoms with van der Waals surface area (Å²) < 4.78 is 0. The maximum absolute atomic E-state index is 5.12. The van der Waals surface area contributed by atoms with Crippen LogP contribution in [0.4, 0.5) is 0 Å². The van der Waals surface area contributed by atoms with E-state index in [9.17, 15) is 0 Å². The van der Waals surface area contributed by atoms with Gasteiger partial charge in [0.25, 0.3) is 0 Å². The third-order valence-electron chi connectivity index (χ3n) is 1.53. The second kappa shape index (κ2) is 10.0. The Morgan fingerprint density at radius 2 is 1.92 bits per heavy atom. The zero-order chi connectivity index (χ0) is 9.07. The minimum Gasteiger partial charge on any atom is -0.120 e. The van der Waals surface area contributed by atoms with Gasteiger partial charge in [-0.2, -0.15) is 0 Å². The molecule has 0 aliphatic heterocycles. The van der Waals surface area contributed by atoms with Gasteiger partial charge >= 0.3 is 0 Å². The third kappa shape index (κ3) is 9.04. The van der Waals surface area contributed by atoms with E-state index in [1.54, 1.807) is 0 Å². The summed E-state index contributed by atoms with van der Waals surface area (Å²) in [6.45, 7) is 2.15. The molecule has 0 bridgehead atoms. The van der Waals surface area contributed by atoms with Gasteiger partial charge in [-0.1, -0.05) is 31.2 Å².